The zero-order valence-electron chi connectivity index (χ0n) is 19.3. The highest BCUT2D eigenvalue weighted by Gasteiger charge is 2.38. The first-order chi connectivity index (χ1) is 17.4. The van der Waals surface area contributed by atoms with Crippen molar-refractivity contribution >= 4 is 8.60 Å². The van der Waals surface area contributed by atoms with E-state index in [-0.39, 0.29) is 13.0 Å². The smallest absolute Gasteiger partial charge is 0.463 e. The van der Waals surface area contributed by atoms with Gasteiger partial charge >= 0.3 is 14.3 Å². The monoisotopic (exact) mass is 524 g/mol. The van der Waals surface area contributed by atoms with Gasteiger partial charge in [0.1, 0.15) is 41.5 Å². The maximum atomic E-state index is 14.7. The zero-order valence-corrected chi connectivity index (χ0v) is 20.2. The molecule has 36 heavy (non-hydrogen) atoms. The normalized spacial score (nSPS) is 19.3. The predicted octanol–water partition coefficient (Wildman–Crippen LogP) is 3.72. The summed E-state index contributed by atoms with van der Waals surface area (Å²) in [7, 11) is 1.01. The first-order valence-corrected chi connectivity index (χ1v) is 11.8. The van der Waals surface area contributed by atoms with Crippen molar-refractivity contribution in [3.8, 4) is 23.0 Å². The van der Waals surface area contributed by atoms with Crippen LogP contribution in [0.15, 0.2) is 64.3 Å². The second kappa shape index (κ2) is 11.5. The lowest BCUT2D eigenvalue weighted by Crippen LogP contribution is -2.34. The van der Waals surface area contributed by atoms with Crippen molar-refractivity contribution in [2.75, 3.05) is 20.8 Å². The molecule has 1 fully saturated rings. The van der Waals surface area contributed by atoms with E-state index in [0.29, 0.717) is 29.2 Å². The van der Waals surface area contributed by atoms with Gasteiger partial charge in [0.25, 0.3) is 5.56 Å². The van der Waals surface area contributed by atoms with Crippen LogP contribution in [-0.2, 0) is 9.26 Å². The Labute approximate surface area is 205 Å². The number of halogens is 2. The number of hydrogen-bond acceptors (Lipinski definition) is 8. The molecule has 0 aliphatic carbocycles. The van der Waals surface area contributed by atoms with Gasteiger partial charge in [-0.1, -0.05) is 0 Å². The molecule has 1 saturated heterocycles. The molecular weight excluding hydrogens is 501 g/mol. The molecule has 1 N–H and O–H groups in total. The van der Waals surface area contributed by atoms with Crippen LogP contribution in [0.1, 0.15) is 12.6 Å². The molecule has 3 unspecified atom stereocenters. The summed E-state index contributed by atoms with van der Waals surface area (Å²) in [6.45, 7) is -0.281. The number of alkyl halides is 1. The molecule has 1 aromatic heterocycles. The fraction of sp³-hybridized carbons (Fsp3) is 0.304. The third-order valence-corrected chi connectivity index (χ3v) is 6.30. The van der Waals surface area contributed by atoms with Gasteiger partial charge in [0.05, 0.1) is 27.0 Å². The summed E-state index contributed by atoms with van der Waals surface area (Å²) in [5.74, 6) is 0.921. The van der Waals surface area contributed by atoms with E-state index < -0.39 is 44.2 Å². The molecule has 13 heteroatoms. The van der Waals surface area contributed by atoms with Gasteiger partial charge in [-0.2, -0.15) is 4.39 Å². The van der Waals surface area contributed by atoms with Crippen molar-refractivity contribution in [2.45, 2.75) is 24.9 Å². The van der Waals surface area contributed by atoms with E-state index in [4.69, 9.17) is 27.8 Å². The summed E-state index contributed by atoms with van der Waals surface area (Å²) in [5.41, 5.74) is -2.07. The molecule has 0 spiro atoms. The topological polar surface area (TPSA) is 110 Å². The highest BCUT2D eigenvalue weighted by Crippen LogP contribution is 2.43. The SMILES string of the molecule is COc1ccc(OP(OCC2OC(n3cc(F)c(=O)[nH]c3=O)CC2F)Oc2ccc(OC)cc2)cc1. The van der Waals surface area contributed by atoms with E-state index in [0.717, 1.165) is 4.57 Å². The average Bonchev–Trinajstić information content (AvgIpc) is 3.25. The lowest BCUT2D eigenvalue weighted by atomic mass is 10.2. The number of rotatable bonds is 10. The summed E-state index contributed by atoms with van der Waals surface area (Å²) in [4.78, 5) is 25.1. The minimum absolute atomic E-state index is 0.240. The number of aromatic nitrogens is 2. The van der Waals surface area contributed by atoms with Crippen LogP contribution in [0.3, 0.4) is 0 Å². The minimum atomic E-state index is -2.06. The molecule has 0 bridgehead atoms. The molecule has 0 saturated carbocycles. The molecule has 4 rings (SSSR count). The van der Waals surface area contributed by atoms with E-state index in [1.807, 2.05) is 4.98 Å². The predicted molar refractivity (Wildman–Crippen MR) is 125 cm³/mol. The van der Waals surface area contributed by atoms with E-state index in [9.17, 15) is 18.4 Å². The van der Waals surface area contributed by atoms with E-state index in [1.165, 1.54) is 14.2 Å². The Bertz CT molecular complexity index is 1220. The molecule has 3 aromatic rings. The lowest BCUT2D eigenvalue weighted by Gasteiger charge is -2.20. The van der Waals surface area contributed by atoms with Crippen LogP contribution >= 0.6 is 8.60 Å². The van der Waals surface area contributed by atoms with Gasteiger partial charge in [-0.05, 0) is 48.5 Å². The van der Waals surface area contributed by atoms with Gasteiger partial charge in [-0.25, -0.2) is 9.18 Å². The Morgan fingerprint density at radius 1 is 0.972 bits per heavy atom. The van der Waals surface area contributed by atoms with Crippen molar-refractivity contribution in [3.05, 3.63) is 81.4 Å². The van der Waals surface area contributed by atoms with Gasteiger partial charge in [0.15, 0.2) is 0 Å². The highest BCUT2D eigenvalue weighted by molar-refractivity contribution is 7.42. The number of nitrogens with zero attached hydrogens (tertiary/aromatic N) is 1. The summed E-state index contributed by atoms with van der Waals surface area (Å²) in [6.07, 6.45) is -3.30. The molecule has 10 nitrogen and oxygen atoms in total. The molecule has 0 amide bonds. The number of hydrogen-bond donors (Lipinski definition) is 1. The highest BCUT2D eigenvalue weighted by atomic mass is 31.2. The molecule has 0 radical (unpaired) electrons. The van der Waals surface area contributed by atoms with E-state index in [1.54, 1.807) is 48.5 Å². The second-order valence-corrected chi connectivity index (χ2v) is 8.65. The molecule has 192 valence electrons. The summed E-state index contributed by atoms with van der Waals surface area (Å²) in [6, 6.07) is 13.4. The Hall–Kier alpha value is -3.47. The van der Waals surface area contributed by atoms with Crippen molar-refractivity contribution in [1.29, 1.82) is 0 Å². The van der Waals surface area contributed by atoms with Crippen LogP contribution < -0.4 is 29.8 Å². The van der Waals surface area contributed by atoms with Crippen LogP contribution in [0.25, 0.3) is 0 Å². The average molecular weight is 524 g/mol. The summed E-state index contributed by atoms with van der Waals surface area (Å²) in [5, 5.41) is 0. The molecule has 3 atom stereocenters. The largest absolute Gasteiger partial charge is 0.497 e. The van der Waals surface area contributed by atoms with Crippen LogP contribution in [0, 0.1) is 5.82 Å². The molecule has 2 aromatic carbocycles. The minimum Gasteiger partial charge on any atom is -0.497 e. The first-order valence-electron chi connectivity index (χ1n) is 10.7. The standard InChI is InChI=1S/C23H23F2N2O8P/c1-30-14-3-7-16(8-4-14)34-36(35-17-9-5-15(31-2)6-10-17)32-13-20-18(24)11-21(33-20)27-12-19(25)22(28)26-23(27)29/h3-10,12,18,20-21H,11,13H2,1-2H3,(H,26,28,29). The number of ether oxygens (including phenoxy) is 3. The fourth-order valence-electron chi connectivity index (χ4n) is 3.34. The molecule has 1 aliphatic heterocycles. The number of aromatic amines is 1. The molecule has 2 heterocycles. The summed E-state index contributed by atoms with van der Waals surface area (Å²) < 4.78 is 62.5. The van der Waals surface area contributed by atoms with Crippen LogP contribution in [-0.4, -0.2) is 42.7 Å². The van der Waals surface area contributed by atoms with Crippen molar-refractivity contribution in [1.82, 2.24) is 9.55 Å². The third-order valence-electron chi connectivity index (χ3n) is 5.22. The Balaban J connectivity index is 1.45. The van der Waals surface area contributed by atoms with E-state index >= 15 is 0 Å². The lowest BCUT2D eigenvalue weighted by molar-refractivity contribution is -0.0321. The zero-order chi connectivity index (χ0) is 25.7. The first kappa shape index (κ1) is 25.6. The van der Waals surface area contributed by atoms with Gasteiger partial charge in [-0.3, -0.25) is 18.9 Å². The molecular formula is C23H23F2N2O8P. The van der Waals surface area contributed by atoms with Crippen LogP contribution in [0.5, 0.6) is 23.0 Å². The maximum absolute atomic E-state index is 14.7. The molecule has 1 aliphatic rings. The van der Waals surface area contributed by atoms with Crippen LogP contribution in [0.4, 0.5) is 8.78 Å². The summed E-state index contributed by atoms with van der Waals surface area (Å²) >= 11 is 0. The van der Waals surface area contributed by atoms with E-state index in [2.05, 4.69) is 0 Å². The fourth-order valence-corrected chi connectivity index (χ4v) is 4.33. The van der Waals surface area contributed by atoms with Crippen LogP contribution in [0.2, 0.25) is 0 Å². The van der Waals surface area contributed by atoms with Gasteiger partial charge in [-0.15, -0.1) is 0 Å². The van der Waals surface area contributed by atoms with Crippen molar-refractivity contribution in [3.63, 3.8) is 0 Å². The number of H-pyrrole nitrogens is 1. The second-order valence-electron chi connectivity index (χ2n) is 7.58. The number of methoxy groups -OCH3 is 2. The van der Waals surface area contributed by atoms with Gasteiger partial charge in [0.2, 0.25) is 5.82 Å². The van der Waals surface area contributed by atoms with Crippen molar-refractivity contribution in [2.24, 2.45) is 0 Å². The number of nitrogens with one attached hydrogen (secondary N) is 1. The maximum Gasteiger partial charge on any atom is 0.463 e. The van der Waals surface area contributed by atoms with Gasteiger partial charge < -0.3 is 23.3 Å². The Kier molecular flexibility index (Phi) is 8.19. The van der Waals surface area contributed by atoms with Crippen molar-refractivity contribution < 1.29 is 36.6 Å². The third kappa shape index (κ3) is 6.20. The quantitative estimate of drug-likeness (QED) is 0.400. The number of benzene rings is 2. The van der Waals surface area contributed by atoms with Gasteiger partial charge in [0, 0.05) is 6.42 Å². The Morgan fingerprint density at radius 2 is 1.50 bits per heavy atom. The Morgan fingerprint density at radius 3 is 2.03 bits per heavy atom.